The van der Waals surface area contributed by atoms with E-state index < -0.39 is 7.42 Å². The Hall–Kier alpha value is 1.28. The van der Waals surface area contributed by atoms with Gasteiger partial charge in [-0.15, -0.1) is 0 Å². The fourth-order valence-electron chi connectivity index (χ4n) is 0.0673. The number of rotatable bonds is 2. The van der Waals surface area contributed by atoms with Gasteiger partial charge < -0.3 is 0 Å². The average Bonchev–Trinajstić information content (AvgIpc) is 1.65. The molecule has 1 unspecified atom stereocenters. The number of alkyl halides is 1. The van der Waals surface area contributed by atoms with Crippen molar-refractivity contribution in [2.75, 3.05) is 5.33 Å². The molecular weight excluding hydrogens is 215 g/mol. The molecule has 0 aromatic carbocycles. The third kappa shape index (κ3) is 3.83. The summed E-state index contributed by atoms with van der Waals surface area (Å²) >= 11 is 14.5. The van der Waals surface area contributed by atoms with Gasteiger partial charge in [-0.1, -0.05) is 22.9 Å². The normalized spacial score (nSPS) is 15.0. The molecule has 0 radical (unpaired) electrons. The third-order valence-electron chi connectivity index (χ3n) is 0.674. The lowest BCUT2D eigenvalue weighted by molar-refractivity contribution is 1.09. The SMILES string of the molecule is CC(CBr)[SiH](Cl)Cl. The summed E-state index contributed by atoms with van der Waals surface area (Å²) in [5.41, 5.74) is 0.489. The van der Waals surface area contributed by atoms with Crippen LogP contribution < -0.4 is 0 Å². The molecular formula is C3H7BrCl2Si. The van der Waals surface area contributed by atoms with Crippen LogP contribution in [0.25, 0.3) is 0 Å². The van der Waals surface area contributed by atoms with Crippen LogP contribution in [0.15, 0.2) is 0 Å². The molecule has 7 heavy (non-hydrogen) atoms. The maximum Gasteiger partial charge on any atom is 0.240 e. The molecule has 0 saturated heterocycles. The first kappa shape index (κ1) is 8.28. The van der Waals surface area contributed by atoms with Crippen LogP contribution in [-0.4, -0.2) is 12.7 Å². The van der Waals surface area contributed by atoms with Gasteiger partial charge in [0.15, 0.2) is 0 Å². The van der Waals surface area contributed by atoms with E-state index in [0.29, 0.717) is 5.54 Å². The summed E-state index contributed by atoms with van der Waals surface area (Å²) in [7, 11) is -1.37. The zero-order valence-electron chi connectivity index (χ0n) is 4.00. The van der Waals surface area contributed by atoms with Gasteiger partial charge in [0.1, 0.15) is 0 Å². The summed E-state index contributed by atoms with van der Waals surface area (Å²) in [5.74, 6) is 0. The van der Waals surface area contributed by atoms with Crippen molar-refractivity contribution in [3.63, 3.8) is 0 Å². The van der Waals surface area contributed by atoms with Crippen molar-refractivity contribution in [1.29, 1.82) is 0 Å². The van der Waals surface area contributed by atoms with Gasteiger partial charge in [-0.2, -0.15) is 22.2 Å². The van der Waals surface area contributed by atoms with Gasteiger partial charge in [0, 0.05) is 5.33 Å². The lowest BCUT2D eigenvalue weighted by atomic mass is 10.6. The van der Waals surface area contributed by atoms with Crippen LogP contribution in [0, 0.1) is 0 Å². The summed E-state index contributed by atoms with van der Waals surface area (Å²) in [6.45, 7) is 2.05. The minimum atomic E-state index is -1.37. The molecule has 0 saturated carbocycles. The van der Waals surface area contributed by atoms with E-state index in [1.165, 1.54) is 0 Å². The summed E-state index contributed by atoms with van der Waals surface area (Å²) in [6.07, 6.45) is 0. The summed E-state index contributed by atoms with van der Waals surface area (Å²) in [6, 6.07) is 0. The number of hydrogen-bond donors (Lipinski definition) is 0. The maximum absolute atomic E-state index is 5.60. The Balaban J connectivity index is 3.14. The summed E-state index contributed by atoms with van der Waals surface area (Å²) < 4.78 is 0. The van der Waals surface area contributed by atoms with Crippen molar-refractivity contribution < 1.29 is 0 Å². The first-order chi connectivity index (χ1) is 3.18. The highest BCUT2D eigenvalue weighted by Crippen LogP contribution is 2.17. The minimum absolute atomic E-state index is 0.489. The fourth-order valence-corrected chi connectivity index (χ4v) is 3.15. The number of hydrogen-bond acceptors (Lipinski definition) is 0. The molecule has 0 nitrogen and oxygen atoms in total. The quantitative estimate of drug-likeness (QED) is 0.382. The van der Waals surface area contributed by atoms with Crippen molar-refractivity contribution in [2.24, 2.45) is 0 Å². The summed E-state index contributed by atoms with van der Waals surface area (Å²) in [5, 5.41) is 0.927. The lowest BCUT2D eigenvalue weighted by Crippen LogP contribution is -2.02. The average molecular weight is 222 g/mol. The molecule has 1 atom stereocenters. The van der Waals surface area contributed by atoms with Crippen LogP contribution in [0.3, 0.4) is 0 Å². The Morgan fingerprint density at radius 3 is 2.14 bits per heavy atom. The maximum atomic E-state index is 5.60. The second kappa shape index (κ2) is 4.19. The van der Waals surface area contributed by atoms with E-state index in [2.05, 4.69) is 15.9 Å². The van der Waals surface area contributed by atoms with Crippen LogP contribution in [0.2, 0.25) is 5.54 Å². The van der Waals surface area contributed by atoms with Gasteiger partial charge in [0.25, 0.3) is 0 Å². The Bertz CT molecular complexity index is 50.2. The van der Waals surface area contributed by atoms with E-state index >= 15 is 0 Å². The van der Waals surface area contributed by atoms with E-state index in [9.17, 15) is 0 Å². The molecule has 0 amide bonds. The zero-order valence-corrected chi connectivity index (χ0v) is 8.25. The summed E-state index contributed by atoms with van der Waals surface area (Å²) in [4.78, 5) is 0. The first-order valence-electron chi connectivity index (χ1n) is 2.02. The molecule has 0 N–H and O–H groups in total. The molecule has 0 rings (SSSR count). The number of halogens is 3. The van der Waals surface area contributed by atoms with E-state index in [0.717, 1.165) is 5.33 Å². The van der Waals surface area contributed by atoms with Crippen LogP contribution in [0.1, 0.15) is 6.92 Å². The van der Waals surface area contributed by atoms with Crippen molar-refractivity contribution in [1.82, 2.24) is 0 Å². The minimum Gasteiger partial charge on any atom is -0.150 e. The Morgan fingerprint density at radius 2 is 2.14 bits per heavy atom. The molecule has 0 heterocycles. The van der Waals surface area contributed by atoms with Gasteiger partial charge in [-0.25, -0.2) is 0 Å². The van der Waals surface area contributed by atoms with Gasteiger partial charge in [-0.05, 0) is 5.54 Å². The predicted molar refractivity (Wildman–Crippen MR) is 42.1 cm³/mol. The van der Waals surface area contributed by atoms with Gasteiger partial charge in [-0.3, -0.25) is 0 Å². The van der Waals surface area contributed by atoms with E-state index in [1.54, 1.807) is 0 Å². The van der Waals surface area contributed by atoms with E-state index in [1.807, 2.05) is 6.92 Å². The van der Waals surface area contributed by atoms with Crippen LogP contribution in [-0.2, 0) is 0 Å². The first-order valence-corrected chi connectivity index (χ1v) is 7.30. The van der Waals surface area contributed by atoms with Gasteiger partial charge >= 0.3 is 0 Å². The predicted octanol–water partition coefficient (Wildman–Crippen LogP) is 2.47. The molecule has 0 aromatic rings. The molecule has 0 aliphatic heterocycles. The second-order valence-corrected chi connectivity index (χ2v) is 7.41. The highest BCUT2D eigenvalue weighted by Gasteiger charge is 2.10. The van der Waals surface area contributed by atoms with Crippen LogP contribution in [0.4, 0.5) is 0 Å². The molecule has 0 aromatic heterocycles. The molecule has 4 heteroatoms. The van der Waals surface area contributed by atoms with Gasteiger partial charge in [0.2, 0.25) is 7.42 Å². The lowest BCUT2D eigenvalue weighted by Gasteiger charge is -2.02. The Labute approximate surface area is 63.3 Å². The standard InChI is InChI=1S/C3H7BrCl2Si/c1-3(2-4)7(5)6/h3,7H,2H2,1H3. The molecule has 44 valence electrons. The largest absolute Gasteiger partial charge is 0.240 e. The monoisotopic (exact) mass is 220 g/mol. The Morgan fingerprint density at radius 1 is 1.71 bits per heavy atom. The molecule has 0 spiro atoms. The Kier molecular flexibility index (Phi) is 4.95. The van der Waals surface area contributed by atoms with Crippen molar-refractivity contribution in [3.8, 4) is 0 Å². The van der Waals surface area contributed by atoms with E-state index in [-0.39, 0.29) is 0 Å². The van der Waals surface area contributed by atoms with Gasteiger partial charge in [0.05, 0.1) is 0 Å². The fraction of sp³-hybridized carbons (Fsp3) is 1.00. The van der Waals surface area contributed by atoms with E-state index in [4.69, 9.17) is 22.2 Å². The third-order valence-corrected chi connectivity index (χ3v) is 6.06. The zero-order chi connectivity index (χ0) is 5.86. The molecule has 0 aliphatic carbocycles. The highest BCUT2D eigenvalue weighted by molar-refractivity contribution is 9.09. The van der Waals surface area contributed by atoms with Crippen LogP contribution >= 0.6 is 38.1 Å². The smallest absolute Gasteiger partial charge is 0.150 e. The van der Waals surface area contributed by atoms with Crippen molar-refractivity contribution in [2.45, 2.75) is 12.5 Å². The highest BCUT2D eigenvalue weighted by atomic mass is 79.9. The second-order valence-electron chi connectivity index (χ2n) is 1.47. The molecule has 0 fully saturated rings. The van der Waals surface area contributed by atoms with Crippen molar-refractivity contribution >= 4 is 45.5 Å². The van der Waals surface area contributed by atoms with Crippen molar-refractivity contribution in [3.05, 3.63) is 0 Å². The topological polar surface area (TPSA) is 0 Å². The molecule has 0 bridgehead atoms. The van der Waals surface area contributed by atoms with Crippen LogP contribution in [0.5, 0.6) is 0 Å². The molecule has 0 aliphatic rings.